The minimum Gasteiger partial charge on any atom is -0.486 e. The van der Waals surface area contributed by atoms with Gasteiger partial charge in [0.2, 0.25) is 0 Å². The number of primary amides is 1. The molecule has 0 spiro atoms. The molecule has 2 heterocycles. The van der Waals surface area contributed by atoms with Crippen molar-refractivity contribution in [3.63, 3.8) is 0 Å². The molecule has 8 nitrogen and oxygen atoms in total. The number of hydrogen-bond acceptors (Lipinski definition) is 6. The number of nitrogens with one attached hydrogen (secondary N) is 2. The van der Waals surface area contributed by atoms with Gasteiger partial charge in [0.05, 0.1) is 28.5 Å². The van der Waals surface area contributed by atoms with E-state index in [4.69, 9.17) is 33.7 Å². The maximum absolute atomic E-state index is 12.7. The van der Waals surface area contributed by atoms with Crippen molar-refractivity contribution in [3.05, 3.63) is 52.0 Å². The van der Waals surface area contributed by atoms with Crippen LogP contribution >= 0.6 is 23.2 Å². The summed E-state index contributed by atoms with van der Waals surface area (Å²) in [6, 6.07) is 10.0. The first-order valence-electron chi connectivity index (χ1n) is 12.1. The minimum atomic E-state index is -2.66. The summed E-state index contributed by atoms with van der Waals surface area (Å²) in [4.78, 5) is 15.8. The Morgan fingerprint density at radius 2 is 1.86 bits per heavy atom. The summed E-state index contributed by atoms with van der Waals surface area (Å²) in [6.07, 6.45) is -1.45. The number of benzene rings is 2. The second-order valence-electron chi connectivity index (χ2n) is 9.41. The molecule has 0 bridgehead atoms. The normalized spacial score (nSPS) is 21.0. The number of halogens is 4. The molecule has 2 saturated heterocycles. The number of rotatable bonds is 9. The van der Waals surface area contributed by atoms with Crippen LogP contribution in [0.4, 0.5) is 25.0 Å². The zero-order valence-corrected chi connectivity index (χ0v) is 21.7. The van der Waals surface area contributed by atoms with Crippen molar-refractivity contribution < 1.29 is 23.4 Å². The van der Waals surface area contributed by atoms with Crippen LogP contribution in [-0.4, -0.2) is 73.4 Å². The Bertz CT molecular complexity index is 1070. The van der Waals surface area contributed by atoms with Crippen molar-refractivity contribution >= 4 is 40.6 Å². The average molecular weight is 558 g/mol. The summed E-state index contributed by atoms with van der Waals surface area (Å²) in [5.41, 5.74) is 7.32. The van der Waals surface area contributed by atoms with Crippen LogP contribution in [0.1, 0.15) is 18.4 Å². The summed E-state index contributed by atoms with van der Waals surface area (Å²) >= 11 is 12.2. The fourth-order valence-electron chi connectivity index (χ4n) is 4.86. The Hall–Kier alpha value is -2.37. The number of anilines is 2. The molecule has 37 heavy (non-hydrogen) atoms. The van der Waals surface area contributed by atoms with Crippen molar-refractivity contribution in [3.8, 4) is 5.75 Å². The van der Waals surface area contributed by atoms with E-state index in [0.29, 0.717) is 17.9 Å². The van der Waals surface area contributed by atoms with Crippen LogP contribution < -0.4 is 26.0 Å². The van der Waals surface area contributed by atoms with Crippen molar-refractivity contribution in [2.75, 3.05) is 43.0 Å². The largest absolute Gasteiger partial charge is 0.486 e. The number of amides is 2. The van der Waals surface area contributed by atoms with Crippen LogP contribution in [0.15, 0.2) is 36.4 Å². The average Bonchev–Trinajstić information content (AvgIpc) is 3.20. The van der Waals surface area contributed by atoms with Crippen molar-refractivity contribution in [2.45, 2.75) is 44.0 Å². The molecule has 0 saturated carbocycles. The second-order valence-corrected chi connectivity index (χ2v) is 10.3. The highest BCUT2D eigenvalue weighted by Crippen LogP contribution is 2.38. The number of ether oxygens (including phenoxy) is 1. The highest BCUT2D eigenvalue weighted by molar-refractivity contribution is 6.32. The molecule has 0 aliphatic carbocycles. The molecule has 2 aromatic rings. The Labute approximate surface area is 224 Å². The van der Waals surface area contributed by atoms with Crippen molar-refractivity contribution in [1.29, 1.82) is 0 Å². The molecule has 12 heteroatoms. The number of urea groups is 1. The van der Waals surface area contributed by atoms with Gasteiger partial charge < -0.3 is 31.1 Å². The SMILES string of the molecule is NC(=O)Nc1cc(Cl)c(OCC(F)F)cc1N1CC(O)C(NC2CCN(Cc3ccc(Cl)cc3)CC2)C1. The number of carbonyl (C=O) groups is 1. The van der Waals surface area contributed by atoms with E-state index in [9.17, 15) is 18.7 Å². The lowest BCUT2D eigenvalue weighted by molar-refractivity contribution is 0.0820. The fraction of sp³-hybridized carbons (Fsp3) is 0.480. The predicted molar refractivity (Wildman–Crippen MR) is 141 cm³/mol. The summed E-state index contributed by atoms with van der Waals surface area (Å²) in [5.74, 6) is 0.0611. The zero-order chi connectivity index (χ0) is 26.5. The molecule has 4 rings (SSSR count). The molecule has 2 aliphatic rings. The van der Waals surface area contributed by atoms with Crippen LogP contribution in [0.5, 0.6) is 5.75 Å². The Morgan fingerprint density at radius 3 is 2.51 bits per heavy atom. The van der Waals surface area contributed by atoms with Gasteiger partial charge in [-0.1, -0.05) is 35.3 Å². The van der Waals surface area contributed by atoms with Gasteiger partial charge >= 0.3 is 6.03 Å². The van der Waals surface area contributed by atoms with Crippen LogP contribution in [0.25, 0.3) is 0 Å². The molecular weight excluding hydrogens is 527 g/mol. The molecule has 0 aromatic heterocycles. The van der Waals surface area contributed by atoms with Gasteiger partial charge in [-0.2, -0.15) is 0 Å². The van der Waals surface area contributed by atoms with E-state index < -0.39 is 25.2 Å². The summed E-state index contributed by atoms with van der Waals surface area (Å²) in [6.45, 7) is 2.63. The number of β-amino-alcohol motifs (C(OH)–C–C–N with tert-alkyl or cyclic N) is 1. The van der Waals surface area contributed by atoms with Crippen LogP contribution in [0.3, 0.4) is 0 Å². The Kier molecular flexibility index (Phi) is 9.31. The van der Waals surface area contributed by atoms with Gasteiger partial charge in [-0.05, 0) is 49.7 Å². The van der Waals surface area contributed by atoms with E-state index in [-0.39, 0.29) is 29.4 Å². The first-order valence-corrected chi connectivity index (χ1v) is 12.9. The lowest BCUT2D eigenvalue weighted by Gasteiger charge is -2.34. The molecule has 2 aromatic carbocycles. The number of hydrogen-bond donors (Lipinski definition) is 4. The monoisotopic (exact) mass is 557 g/mol. The summed E-state index contributed by atoms with van der Waals surface area (Å²) in [7, 11) is 0. The second kappa shape index (κ2) is 12.4. The van der Waals surface area contributed by atoms with E-state index in [2.05, 4.69) is 15.5 Å². The van der Waals surface area contributed by atoms with Gasteiger partial charge in [-0.25, -0.2) is 13.6 Å². The number of nitrogens with zero attached hydrogens (tertiary/aromatic N) is 2. The lowest BCUT2D eigenvalue weighted by atomic mass is 10.0. The molecule has 5 N–H and O–H groups in total. The molecule has 2 fully saturated rings. The third-order valence-corrected chi connectivity index (χ3v) is 7.21. The number of aliphatic hydroxyl groups is 1. The molecule has 2 amide bonds. The summed E-state index contributed by atoms with van der Waals surface area (Å²) in [5, 5.41) is 17.7. The first-order chi connectivity index (χ1) is 17.7. The quantitative estimate of drug-likeness (QED) is 0.372. The van der Waals surface area contributed by atoms with Gasteiger partial charge in [-0.15, -0.1) is 0 Å². The predicted octanol–water partition coefficient (Wildman–Crippen LogP) is 3.93. The van der Waals surface area contributed by atoms with E-state index in [0.717, 1.165) is 37.5 Å². The van der Waals surface area contributed by atoms with Gasteiger partial charge in [0, 0.05) is 36.8 Å². The molecule has 2 atom stereocenters. The van der Waals surface area contributed by atoms with Gasteiger partial charge in [0.1, 0.15) is 12.4 Å². The lowest BCUT2D eigenvalue weighted by Crippen LogP contribution is -2.49. The highest BCUT2D eigenvalue weighted by atomic mass is 35.5. The smallest absolute Gasteiger partial charge is 0.316 e. The van der Waals surface area contributed by atoms with Crippen LogP contribution in [0.2, 0.25) is 10.0 Å². The molecule has 2 unspecified atom stereocenters. The van der Waals surface area contributed by atoms with Gasteiger partial charge in [-0.3, -0.25) is 4.90 Å². The number of nitrogens with two attached hydrogens (primary N) is 1. The molecular formula is C25H31Cl2F2N5O3. The van der Waals surface area contributed by atoms with Gasteiger partial charge in [0.25, 0.3) is 6.43 Å². The summed E-state index contributed by atoms with van der Waals surface area (Å²) < 4.78 is 30.5. The van der Waals surface area contributed by atoms with E-state index >= 15 is 0 Å². The minimum absolute atomic E-state index is 0.0611. The first kappa shape index (κ1) is 27.7. The Balaban J connectivity index is 1.37. The van der Waals surface area contributed by atoms with Gasteiger partial charge in [0.15, 0.2) is 0 Å². The van der Waals surface area contributed by atoms with E-state index in [1.54, 1.807) is 0 Å². The maximum Gasteiger partial charge on any atom is 0.316 e. The zero-order valence-electron chi connectivity index (χ0n) is 20.2. The van der Waals surface area contributed by atoms with Crippen LogP contribution in [0, 0.1) is 0 Å². The van der Waals surface area contributed by atoms with E-state index in [1.165, 1.54) is 17.7 Å². The van der Waals surface area contributed by atoms with Crippen molar-refractivity contribution in [2.24, 2.45) is 5.73 Å². The third kappa shape index (κ3) is 7.58. The topological polar surface area (TPSA) is 103 Å². The number of carbonyl (C=O) groups excluding carboxylic acids is 1. The van der Waals surface area contributed by atoms with E-state index in [1.807, 2.05) is 29.2 Å². The molecule has 0 radical (unpaired) electrons. The molecule has 202 valence electrons. The molecule has 2 aliphatic heterocycles. The Morgan fingerprint density at radius 1 is 1.16 bits per heavy atom. The number of likely N-dealkylation sites (tertiary alicyclic amines) is 1. The highest BCUT2D eigenvalue weighted by Gasteiger charge is 2.35. The maximum atomic E-state index is 12.7. The standard InChI is InChI=1S/C25H31Cl2F2N5O3/c26-16-3-1-15(2-4-16)11-33-7-5-17(6-8-33)31-20-12-34(13-22(20)35)21-10-23(37-14-24(28)29)18(27)9-19(21)32-25(30)36/h1-4,9-10,17,20,22,24,31,35H,5-8,11-14H2,(H3,30,32,36). The number of aliphatic hydroxyl groups excluding tert-OH is 1. The number of piperidine rings is 1. The van der Waals surface area contributed by atoms with Crippen molar-refractivity contribution in [1.82, 2.24) is 10.2 Å². The number of alkyl halides is 2. The van der Waals surface area contributed by atoms with Crippen LogP contribution in [-0.2, 0) is 6.54 Å². The fourth-order valence-corrected chi connectivity index (χ4v) is 5.20. The third-order valence-electron chi connectivity index (χ3n) is 6.66.